The molecule has 0 aromatic rings. The molecule has 1 saturated heterocycles. The van der Waals surface area contributed by atoms with Crippen LogP contribution in [0.4, 0.5) is 0 Å². The number of amides is 1. The van der Waals surface area contributed by atoms with Crippen LogP contribution in [0.25, 0.3) is 0 Å². The quantitative estimate of drug-likeness (QED) is 0.682. The molecular formula is C8H19Cl2N3O. The van der Waals surface area contributed by atoms with E-state index in [1.165, 1.54) is 0 Å². The summed E-state index contributed by atoms with van der Waals surface area (Å²) in [5, 5.41) is 3.19. The summed E-state index contributed by atoms with van der Waals surface area (Å²) in [5.41, 5.74) is 4.97. The summed E-state index contributed by atoms with van der Waals surface area (Å²) in [7, 11) is 0. The van der Waals surface area contributed by atoms with Crippen molar-refractivity contribution in [2.75, 3.05) is 26.2 Å². The van der Waals surface area contributed by atoms with Crippen molar-refractivity contribution in [3.63, 3.8) is 0 Å². The first-order valence-electron chi connectivity index (χ1n) is 4.31. The van der Waals surface area contributed by atoms with Gasteiger partial charge in [0, 0.05) is 26.2 Å². The second kappa shape index (κ2) is 6.45. The highest BCUT2D eigenvalue weighted by atomic mass is 35.5. The van der Waals surface area contributed by atoms with E-state index in [4.69, 9.17) is 5.73 Å². The normalized spacial score (nSPS) is 16.6. The summed E-state index contributed by atoms with van der Waals surface area (Å²) in [6.07, 6.45) is 0. The Bertz CT molecular complexity index is 176. The molecule has 1 amide bonds. The third-order valence-electron chi connectivity index (χ3n) is 1.96. The molecule has 0 radical (unpaired) electrons. The molecule has 1 rings (SSSR count). The molecule has 0 atom stereocenters. The van der Waals surface area contributed by atoms with E-state index in [1.807, 2.05) is 4.90 Å². The number of halogens is 2. The molecule has 1 aliphatic rings. The summed E-state index contributed by atoms with van der Waals surface area (Å²) in [6.45, 7) is 6.80. The lowest BCUT2D eigenvalue weighted by Crippen LogP contribution is -2.56. The minimum atomic E-state index is -0.725. The number of rotatable bonds is 1. The number of hydrogen-bond acceptors (Lipinski definition) is 3. The highest BCUT2D eigenvalue weighted by Gasteiger charge is 2.28. The fourth-order valence-corrected chi connectivity index (χ4v) is 1.28. The average Bonchev–Trinajstić information content (AvgIpc) is 2.03. The lowest BCUT2D eigenvalue weighted by molar-refractivity contribution is -0.136. The molecule has 14 heavy (non-hydrogen) atoms. The summed E-state index contributed by atoms with van der Waals surface area (Å²) in [4.78, 5) is 13.4. The molecule has 1 aliphatic heterocycles. The zero-order valence-electron chi connectivity index (χ0n) is 8.58. The lowest BCUT2D eigenvalue weighted by atomic mass is 10.1. The average molecular weight is 244 g/mol. The lowest BCUT2D eigenvalue weighted by Gasteiger charge is -2.32. The third kappa shape index (κ3) is 4.46. The zero-order valence-corrected chi connectivity index (χ0v) is 10.2. The molecule has 4 nitrogen and oxygen atoms in total. The van der Waals surface area contributed by atoms with Crippen molar-refractivity contribution in [3.8, 4) is 0 Å². The van der Waals surface area contributed by atoms with Gasteiger partial charge in [-0.15, -0.1) is 24.8 Å². The summed E-state index contributed by atoms with van der Waals surface area (Å²) in [6, 6.07) is 0. The van der Waals surface area contributed by atoms with Gasteiger partial charge in [-0.2, -0.15) is 0 Å². The van der Waals surface area contributed by atoms with Gasteiger partial charge in [0.25, 0.3) is 0 Å². The van der Waals surface area contributed by atoms with Crippen molar-refractivity contribution in [2.45, 2.75) is 19.4 Å². The van der Waals surface area contributed by atoms with Crippen molar-refractivity contribution >= 4 is 30.7 Å². The molecule has 0 saturated carbocycles. The first-order valence-corrected chi connectivity index (χ1v) is 4.31. The number of carbonyl (C=O) groups is 1. The predicted molar refractivity (Wildman–Crippen MR) is 62.2 cm³/mol. The maximum Gasteiger partial charge on any atom is 0.242 e. The van der Waals surface area contributed by atoms with E-state index in [-0.39, 0.29) is 30.7 Å². The number of carbonyl (C=O) groups excluding carboxylic acids is 1. The summed E-state index contributed by atoms with van der Waals surface area (Å²) >= 11 is 0. The fraction of sp³-hybridized carbons (Fsp3) is 0.875. The van der Waals surface area contributed by atoms with Gasteiger partial charge in [-0.25, -0.2) is 0 Å². The molecule has 0 bridgehead atoms. The van der Waals surface area contributed by atoms with Crippen LogP contribution in [0.5, 0.6) is 0 Å². The molecule has 1 heterocycles. The fourth-order valence-electron chi connectivity index (χ4n) is 1.28. The van der Waals surface area contributed by atoms with Crippen LogP contribution in [0.3, 0.4) is 0 Å². The van der Waals surface area contributed by atoms with E-state index in [0.717, 1.165) is 26.2 Å². The van der Waals surface area contributed by atoms with Crippen LogP contribution in [-0.4, -0.2) is 42.5 Å². The van der Waals surface area contributed by atoms with Gasteiger partial charge in [0.15, 0.2) is 0 Å². The van der Waals surface area contributed by atoms with Crippen molar-refractivity contribution < 1.29 is 4.79 Å². The van der Waals surface area contributed by atoms with Crippen molar-refractivity contribution in [2.24, 2.45) is 5.73 Å². The number of nitrogens with two attached hydrogens (primary N) is 1. The molecule has 0 aliphatic carbocycles. The molecule has 6 heteroatoms. The largest absolute Gasteiger partial charge is 0.339 e. The van der Waals surface area contributed by atoms with Gasteiger partial charge in [-0.05, 0) is 13.8 Å². The molecule has 1 fully saturated rings. The van der Waals surface area contributed by atoms with Gasteiger partial charge in [-0.3, -0.25) is 4.79 Å². The highest BCUT2D eigenvalue weighted by Crippen LogP contribution is 2.04. The first-order chi connectivity index (χ1) is 5.52. The molecule has 0 aromatic carbocycles. The Hall–Kier alpha value is -0.0300. The second-order valence-corrected chi connectivity index (χ2v) is 3.76. The van der Waals surface area contributed by atoms with E-state index >= 15 is 0 Å². The van der Waals surface area contributed by atoms with E-state index in [9.17, 15) is 4.79 Å². The summed E-state index contributed by atoms with van der Waals surface area (Å²) < 4.78 is 0. The second-order valence-electron chi connectivity index (χ2n) is 3.76. The maximum absolute atomic E-state index is 11.6. The zero-order chi connectivity index (χ0) is 9.19. The minimum absolute atomic E-state index is 0. The number of nitrogens with one attached hydrogen (secondary N) is 1. The Morgan fingerprint density at radius 1 is 1.29 bits per heavy atom. The molecule has 0 aromatic heterocycles. The van der Waals surface area contributed by atoms with Gasteiger partial charge in [0.2, 0.25) is 5.91 Å². The molecule has 0 unspecified atom stereocenters. The van der Waals surface area contributed by atoms with Crippen molar-refractivity contribution in [1.82, 2.24) is 10.2 Å². The van der Waals surface area contributed by atoms with E-state index < -0.39 is 5.54 Å². The van der Waals surface area contributed by atoms with Crippen LogP contribution in [0.1, 0.15) is 13.8 Å². The van der Waals surface area contributed by atoms with Crippen LogP contribution in [0.2, 0.25) is 0 Å². The van der Waals surface area contributed by atoms with Gasteiger partial charge < -0.3 is 16.0 Å². The molecule has 0 spiro atoms. The molecule has 86 valence electrons. The van der Waals surface area contributed by atoms with Crippen LogP contribution < -0.4 is 11.1 Å². The maximum atomic E-state index is 11.6. The van der Waals surface area contributed by atoms with Gasteiger partial charge in [-0.1, -0.05) is 0 Å². The summed E-state index contributed by atoms with van der Waals surface area (Å²) in [5.74, 6) is 0.0454. The smallest absolute Gasteiger partial charge is 0.242 e. The van der Waals surface area contributed by atoms with Crippen molar-refractivity contribution in [3.05, 3.63) is 0 Å². The monoisotopic (exact) mass is 243 g/mol. The van der Waals surface area contributed by atoms with E-state index in [0.29, 0.717) is 0 Å². The Morgan fingerprint density at radius 2 is 1.71 bits per heavy atom. The highest BCUT2D eigenvalue weighted by molar-refractivity contribution is 5.86. The van der Waals surface area contributed by atoms with Gasteiger partial charge >= 0.3 is 0 Å². The number of nitrogens with zero attached hydrogens (tertiary/aromatic N) is 1. The SMILES string of the molecule is CC(C)(N)C(=O)N1CCNCC1.Cl.Cl. The predicted octanol–water partition coefficient (Wildman–Crippen LogP) is -0.000900. The van der Waals surface area contributed by atoms with Crippen LogP contribution in [0, 0.1) is 0 Å². The standard InChI is InChI=1S/C8H17N3O.2ClH/c1-8(2,9)7(12)11-5-3-10-4-6-11;;/h10H,3-6,9H2,1-2H3;2*1H. The first kappa shape index (κ1) is 16.4. The Morgan fingerprint density at radius 3 is 2.07 bits per heavy atom. The molecule has 3 N–H and O–H groups in total. The third-order valence-corrected chi connectivity index (χ3v) is 1.96. The number of hydrogen-bond donors (Lipinski definition) is 2. The Labute approximate surface area is 97.4 Å². The van der Waals surface area contributed by atoms with Crippen LogP contribution in [-0.2, 0) is 4.79 Å². The van der Waals surface area contributed by atoms with Gasteiger partial charge in [0.05, 0.1) is 5.54 Å². The van der Waals surface area contributed by atoms with Gasteiger partial charge in [0.1, 0.15) is 0 Å². The van der Waals surface area contributed by atoms with Crippen LogP contribution >= 0.6 is 24.8 Å². The number of piperazine rings is 1. The molecular weight excluding hydrogens is 225 g/mol. The minimum Gasteiger partial charge on any atom is -0.339 e. The van der Waals surface area contributed by atoms with E-state index in [2.05, 4.69) is 5.32 Å². The van der Waals surface area contributed by atoms with E-state index in [1.54, 1.807) is 13.8 Å². The Kier molecular flexibility index (Phi) is 7.56. The van der Waals surface area contributed by atoms with Crippen LogP contribution in [0.15, 0.2) is 0 Å². The Balaban J connectivity index is 0. The van der Waals surface area contributed by atoms with Crippen molar-refractivity contribution in [1.29, 1.82) is 0 Å². The topological polar surface area (TPSA) is 58.4 Å².